The maximum atomic E-state index is 13.9. The molecule has 0 saturated heterocycles. The van der Waals surface area contributed by atoms with Gasteiger partial charge >= 0.3 is 5.97 Å². The smallest absolute Gasteiger partial charge is 0.362 e. The molecule has 0 bridgehead atoms. The number of allylic oxidation sites excluding steroid dienone is 1. The number of carbonyl (C=O) groups is 1. The predicted molar refractivity (Wildman–Crippen MR) is 83.1 cm³/mol. The topological polar surface area (TPSA) is 57.0 Å². The molecule has 6 heteroatoms. The molecule has 0 amide bonds. The minimum absolute atomic E-state index is 0.325. The van der Waals surface area contributed by atoms with Crippen LogP contribution >= 0.6 is 0 Å². The van der Waals surface area contributed by atoms with Crippen LogP contribution in [0.2, 0.25) is 0 Å². The van der Waals surface area contributed by atoms with Gasteiger partial charge in [0.2, 0.25) is 5.69 Å². The summed E-state index contributed by atoms with van der Waals surface area (Å²) in [5.41, 5.74) is 0.541. The fraction of sp³-hybridized carbons (Fsp3) is 0.235. The number of hydrogen-bond acceptors (Lipinski definition) is 4. The number of aromatic nitrogens is 3. The molecular weight excluding hydrogens is 297 g/mol. The van der Waals surface area contributed by atoms with Gasteiger partial charge < -0.3 is 4.74 Å². The van der Waals surface area contributed by atoms with Gasteiger partial charge in [0, 0.05) is 0 Å². The van der Waals surface area contributed by atoms with E-state index in [1.165, 1.54) is 10.8 Å². The van der Waals surface area contributed by atoms with E-state index in [0.29, 0.717) is 0 Å². The average Bonchev–Trinajstić information content (AvgIpc) is 2.94. The van der Waals surface area contributed by atoms with Crippen molar-refractivity contribution in [3.8, 4) is 11.8 Å². The van der Waals surface area contributed by atoms with Crippen LogP contribution in [0.5, 0.6) is 0 Å². The van der Waals surface area contributed by atoms with Crippen molar-refractivity contribution in [2.45, 2.75) is 26.0 Å². The van der Waals surface area contributed by atoms with E-state index in [2.05, 4.69) is 28.7 Å². The van der Waals surface area contributed by atoms with Gasteiger partial charge in [0.15, 0.2) is 6.10 Å². The van der Waals surface area contributed by atoms with E-state index in [1.54, 1.807) is 13.8 Å². The summed E-state index contributed by atoms with van der Waals surface area (Å²) < 4.78 is 20.2. The predicted octanol–water partition coefficient (Wildman–Crippen LogP) is 2.76. The molecule has 1 heterocycles. The zero-order chi connectivity index (χ0) is 16.8. The Morgan fingerprint density at radius 1 is 1.39 bits per heavy atom. The Hall–Kier alpha value is -2.94. The third-order valence-corrected chi connectivity index (χ3v) is 3.17. The van der Waals surface area contributed by atoms with Crippen molar-refractivity contribution in [2.24, 2.45) is 0 Å². The summed E-state index contributed by atoms with van der Waals surface area (Å²) >= 11 is 0. The Morgan fingerprint density at radius 3 is 2.74 bits per heavy atom. The number of benzene rings is 1. The highest BCUT2D eigenvalue weighted by atomic mass is 19.1. The lowest BCUT2D eigenvalue weighted by Gasteiger charge is -2.15. The number of esters is 1. The third-order valence-electron chi connectivity index (χ3n) is 3.17. The fourth-order valence-electron chi connectivity index (χ4n) is 2.02. The molecule has 0 aliphatic carbocycles. The van der Waals surface area contributed by atoms with E-state index in [0.717, 1.165) is 5.56 Å². The third kappa shape index (κ3) is 3.83. The molecule has 2 atom stereocenters. The number of rotatable bonds is 4. The van der Waals surface area contributed by atoms with E-state index in [9.17, 15) is 9.18 Å². The van der Waals surface area contributed by atoms with Gasteiger partial charge in [0.25, 0.3) is 5.95 Å². The summed E-state index contributed by atoms with van der Waals surface area (Å²) in [4.78, 5) is 12.2. The number of hydrogen-bond donors (Lipinski definition) is 0. The second-order valence-corrected chi connectivity index (χ2v) is 4.80. The Labute approximate surface area is 133 Å². The molecular formula is C17H16FN3O2. The van der Waals surface area contributed by atoms with Crippen LogP contribution in [0.1, 0.15) is 35.9 Å². The molecule has 5 nitrogen and oxygen atoms in total. The lowest BCUT2D eigenvalue weighted by Crippen LogP contribution is -2.21. The quantitative estimate of drug-likeness (QED) is 0.643. The van der Waals surface area contributed by atoms with E-state index in [-0.39, 0.29) is 11.7 Å². The van der Waals surface area contributed by atoms with Crippen molar-refractivity contribution in [1.29, 1.82) is 0 Å². The van der Waals surface area contributed by atoms with Crippen molar-refractivity contribution >= 4 is 5.97 Å². The maximum absolute atomic E-state index is 13.9. The second-order valence-electron chi connectivity index (χ2n) is 4.80. The van der Waals surface area contributed by atoms with Crippen LogP contribution < -0.4 is 0 Å². The largest absolute Gasteiger partial charge is 0.445 e. The summed E-state index contributed by atoms with van der Waals surface area (Å²) in [6, 6.07) is 8.92. The number of halogens is 1. The zero-order valence-corrected chi connectivity index (χ0v) is 12.9. The van der Waals surface area contributed by atoms with E-state index >= 15 is 0 Å². The molecule has 0 aliphatic rings. The van der Waals surface area contributed by atoms with Gasteiger partial charge in [-0.2, -0.15) is 4.39 Å². The summed E-state index contributed by atoms with van der Waals surface area (Å²) in [5, 5.41) is 7.07. The highest BCUT2D eigenvalue weighted by Crippen LogP contribution is 2.20. The van der Waals surface area contributed by atoms with Crippen molar-refractivity contribution < 1.29 is 13.9 Å². The lowest BCUT2D eigenvalue weighted by molar-refractivity contribution is 0.0417. The molecule has 1 unspecified atom stereocenters. The van der Waals surface area contributed by atoms with Crippen LogP contribution in [0.3, 0.4) is 0 Å². The van der Waals surface area contributed by atoms with Gasteiger partial charge in [-0.25, -0.2) is 9.48 Å². The van der Waals surface area contributed by atoms with Crippen LogP contribution in [0.4, 0.5) is 4.39 Å². The van der Waals surface area contributed by atoms with Gasteiger partial charge in [-0.3, -0.25) is 0 Å². The van der Waals surface area contributed by atoms with Crippen molar-refractivity contribution in [3.63, 3.8) is 0 Å². The maximum Gasteiger partial charge on any atom is 0.362 e. The van der Waals surface area contributed by atoms with E-state index in [4.69, 9.17) is 4.74 Å². The first-order valence-corrected chi connectivity index (χ1v) is 7.03. The summed E-state index contributed by atoms with van der Waals surface area (Å²) in [6.07, 6.45) is 0.684. The average molecular weight is 313 g/mol. The SMILES string of the molecule is C=CC#CC(C)OC(=O)c1c(F)nnn1[C@H](C)c1ccccc1. The molecule has 0 aliphatic heterocycles. The van der Waals surface area contributed by atoms with E-state index < -0.39 is 18.0 Å². The van der Waals surface area contributed by atoms with Gasteiger partial charge in [-0.1, -0.05) is 59.1 Å². The van der Waals surface area contributed by atoms with Gasteiger partial charge in [-0.05, 0) is 25.5 Å². The molecule has 1 aromatic carbocycles. The van der Waals surface area contributed by atoms with Crippen LogP contribution in [0, 0.1) is 17.8 Å². The van der Waals surface area contributed by atoms with Crippen LogP contribution in [0.15, 0.2) is 43.0 Å². The van der Waals surface area contributed by atoms with Gasteiger partial charge in [-0.15, -0.1) is 0 Å². The number of ether oxygens (including phenoxy) is 1. The first-order valence-electron chi connectivity index (χ1n) is 7.03. The Kier molecular flexibility index (Phi) is 5.26. The standard InChI is InChI=1S/C17H16FN3O2/c1-4-5-9-12(2)23-17(22)15-16(18)19-20-21(15)13(3)14-10-7-6-8-11-14/h4,6-8,10-13H,1H2,2-3H3/t12?,13-/m1/s1. The van der Waals surface area contributed by atoms with Gasteiger partial charge in [0.1, 0.15) is 0 Å². The first kappa shape index (κ1) is 16.4. The minimum Gasteiger partial charge on any atom is -0.445 e. The fourth-order valence-corrected chi connectivity index (χ4v) is 2.02. The van der Waals surface area contributed by atoms with Crippen molar-refractivity contribution in [1.82, 2.24) is 15.0 Å². The highest BCUT2D eigenvalue weighted by molar-refractivity contribution is 5.87. The van der Waals surface area contributed by atoms with Crippen LogP contribution in [-0.4, -0.2) is 27.1 Å². The molecule has 0 saturated carbocycles. The highest BCUT2D eigenvalue weighted by Gasteiger charge is 2.26. The monoisotopic (exact) mass is 313 g/mol. The Morgan fingerprint density at radius 2 is 2.09 bits per heavy atom. The van der Waals surface area contributed by atoms with Gasteiger partial charge in [0.05, 0.1) is 6.04 Å². The first-order chi connectivity index (χ1) is 11.0. The molecule has 2 rings (SSSR count). The second kappa shape index (κ2) is 7.36. The minimum atomic E-state index is -0.971. The molecule has 23 heavy (non-hydrogen) atoms. The number of nitrogens with zero attached hydrogens (tertiary/aromatic N) is 3. The van der Waals surface area contributed by atoms with Crippen LogP contribution in [-0.2, 0) is 4.74 Å². The molecule has 0 N–H and O–H groups in total. The number of carbonyl (C=O) groups excluding carboxylic acids is 1. The molecule has 0 fully saturated rings. The van der Waals surface area contributed by atoms with E-state index in [1.807, 2.05) is 30.3 Å². The molecule has 2 aromatic rings. The Balaban J connectivity index is 2.28. The molecule has 1 aromatic heterocycles. The Bertz CT molecular complexity index is 759. The molecule has 0 radical (unpaired) electrons. The summed E-state index contributed by atoms with van der Waals surface area (Å²) in [6.45, 7) is 6.83. The van der Waals surface area contributed by atoms with Crippen LogP contribution in [0.25, 0.3) is 0 Å². The summed E-state index contributed by atoms with van der Waals surface area (Å²) in [7, 11) is 0. The zero-order valence-electron chi connectivity index (χ0n) is 12.9. The molecule has 0 spiro atoms. The van der Waals surface area contributed by atoms with Crippen molar-refractivity contribution in [3.05, 3.63) is 60.2 Å². The normalized spacial score (nSPS) is 12.7. The lowest BCUT2D eigenvalue weighted by atomic mass is 10.1. The van der Waals surface area contributed by atoms with Crippen molar-refractivity contribution in [2.75, 3.05) is 0 Å². The summed E-state index contributed by atoms with van der Waals surface area (Å²) in [5.74, 6) is 3.39. The molecule has 118 valence electrons.